The molecule has 124 valence electrons. The lowest BCUT2D eigenvalue weighted by molar-refractivity contribution is -0.119. The second kappa shape index (κ2) is 4.73. The zero-order valence-electron chi connectivity index (χ0n) is 14.4. The minimum Gasteiger partial charge on any atom is -0.377 e. The largest absolute Gasteiger partial charge is 0.377 e. The maximum Gasteiger partial charge on any atom is 0.155 e. The van der Waals surface area contributed by atoms with Gasteiger partial charge in [-0.15, -0.1) is 6.42 Å². The number of fused-ring (bicyclic) bond motifs is 5. The molecule has 0 radical (unpaired) electrons. The Morgan fingerprint density at radius 1 is 1.13 bits per heavy atom. The average Bonchev–Trinajstić information content (AvgIpc) is 2.80. The molecule has 0 saturated heterocycles. The van der Waals surface area contributed by atoms with Crippen molar-refractivity contribution in [3.05, 3.63) is 11.6 Å². The summed E-state index contributed by atoms with van der Waals surface area (Å²) in [6, 6.07) is 0. The molecule has 0 aromatic heterocycles. The van der Waals surface area contributed by atoms with Gasteiger partial charge in [-0.25, -0.2) is 0 Å². The van der Waals surface area contributed by atoms with Gasteiger partial charge in [-0.2, -0.15) is 0 Å². The molecule has 0 aromatic carbocycles. The molecule has 4 aliphatic carbocycles. The molecule has 0 amide bonds. The van der Waals surface area contributed by atoms with E-state index in [0.29, 0.717) is 30.0 Å². The first-order valence-electron chi connectivity index (χ1n) is 9.28. The number of hydrogen-bond acceptors (Lipinski definition) is 2. The number of hydrogen-bond donors (Lipinski definition) is 1. The molecule has 1 N–H and O–H groups in total. The van der Waals surface area contributed by atoms with E-state index < -0.39 is 5.60 Å². The smallest absolute Gasteiger partial charge is 0.155 e. The van der Waals surface area contributed by atoms with Gasteiger partial charge in [-0.1, -0.05) is 25.3 Å². The zero-order chi connectivity index (χ0) is 16.5. The number of carbonyl (C=O) groups is 1. The van der Waals surface area contributed by atoms with Gasteiger partial charge >= 0.3 is 0 Å². The van der Waals surface area contributed by atoms with Crippen LogP contribution in [-0.4, -0.2) is 16.5 Å². The summed E-state index contributed by atoms with van der Waals surface area (Å²) in [5.74, 6) is 4.93. The number of allylic oxidation sites excluding steroid dienone is 1. The fourth-order valence-electron chi connectivity index (χ4n) is 6.81. The lowest BCUT2D eigenvalue weighted by Crippen LogP contribution is -2.54. The van der Waals surface area contributed by atoms with Crippen LogP contribution in [0, 0.1) is 40.9 Å². The van der Waals surface area contributed by atoms with Crippen molar-refractivity contribution < 1.29 is 9.90 Å². The highest BCUT2D eigenvalue weighted by Gasteiger charge is 2.63. The van der Waals surface area contributed by atoms with Crippen molar-refractivity contribution in [2.24, 2.45) is 28.6 Å². The van der Waals surface area contributed by atoms with Crippen LogP contribution in [0.2, 0.25) is 0 Å². The van der Waals surface area contributed by atoms with E-state index in [4.69, 9.17) is 6.42 Å². The molecule has 6 atom stereocenters. The van der Waals surface area contributed by atoms with Crippen molar-refractivity contribution in [1.82, 2.24) is 0 Å². The van der Waals surface area contributed by atoms with Gasteiger partial charge in [-0.05, 0) is 74.2 Å². The standard InChI is InChI=1S/C21H28O2/c1-4-21(23)12-9-18-16-6-5-14-13-15(22)7-10-19(14,2)17(16)8-11-20(18,21)3/h1,13,16-18,23H,5-12H2,2-3H3/t16-,17-,18-,19-,20-,21-/m0/s1. The maximum atomic E-state index is 11.8. The monoisotopic (exact) mass is 312 g/mol. The molecule has 0 heterocycles. The SMILES string of the molecule is C#C[C@]1(O)CC[C@H]2[C@H]3CCC4=CC(=O)CC[C@]4(C)[C@H]3CC[C@@]21C. The molecule has 4 aliphatic rings. The van der Waals surface area contributed by atoms with Gasteiger partial charge < -0.3 is 5.11 Å². The molecular formula is C21H28O2. The molecule has 23 heavy (non-hydrogen) atoms. The topological polar surface area (TPSA) is 37.3 Å². The van der Waals surface area contributed by atoms with Crippen LogP contribution in [0.25, 0.3) is 0 Å². The highest BCUT2D eigenvalue weighted by molar-refractivity contribution is 5.91. The quantitative estimate of drug-likeness (QED) is 0.689. The van der Waals surface area contributed by atoms with Crippen LogP contribution in [0.15, 0.2) is 11.6 Å². The third-order valence-electron chi connectivity index (χ3n) is 8.35. The van der Waals surface area contributed by atoms with Crippen molar-refractivity contribution in [1.29, 1.82) is 0 Å². The Balaban J connectivity index is 1.70. The van der Waals surface area contributed by atoms with Crippen molar-refractivity contribution >= 4 is 5.78 Å². The summed E-state index contributed by atoms with van der Waals surface area (Å²) < 4.78 is 0. The first-order valence-corrected chi connectivity index (χ1v) is 9.28. The Bertz CT molecular complexity index is 626. The van der Waals surface area contributed by atoms with E-state index in [-0.39, 0.29) is 10.8 Å². The summed E-state index contributed by atoms with van der Waals surface area (Å²) in [5, 5.41) is 11.0. The number of rotatable bonds is 0. The third-order valence-corrected chi connectivity index (χ3v) is 8.35. The molecular weight excluding hydrogens is 284 g/mol. The Morgan fingerprint density at radius 2 is 1.87 bits per heavy atom. The predicted octanol–water partition coefficient (Wildman–Crippen LogP) is 3.88. The van der Waals surface area contributed by atoms with E-state index in [2.05, 4.69) is 19.8 Å². The van der Waals surface area contributed by atoms with Crippen LogP contribution in [0.1, 0.15) is 65.2 Å². The highest BCUT2D eigenvalue weighted by Crippen LogP contribution is 2.67. The third kappa shape index (κ3) is 1.84. The minimum atomic E-state index is -0.914. The lowest BCUT2D eigenvalue weighted by atomic mass is 9.46. The number of carbonyl (C=O) groups excluding carboxylic acids is 1. The summed E-state index contributed by atoms with van der Waals surface area (Å²) in [4.78, 5) is 11.8. The minimum absolute atomic E-state index is 0.120. The Labute approximate surface area is 139 Å². The summed E-state index contributed by atoms with van der Waals surface area (Å²) in [6.07, 6.45) is 15.6. The number of terminal acetylenes is 1. The van der Waals surface area contributed by atoms with Crippen LogP contribution in [0.5, 0.6) is 0 Å². The average molecular weight is 312 g/mol. The number of aliphatic hydroxyl groups is 1. The first-order chi connectivity index (χ1) is 10.8. The van der Waals surface area contributed by atoms with Crippen LogP contribution >= 0.6 is 0 Å². The molecule has 0 aliphatic heterocycles. The molecule has 0 spiro atoms. The maximum absolute atomic E-state index is 11.8. The number of ketones is 1. The van der Waals surface area contributed by atoms with Gasteiger partial charge in [0.15, 0.2) is 5.78 Å². The second-order valence-electron chi connectivity index (χ2n) is 8.97. The fourth-order valence-corrected chi connectivity index (χ4v) is 6.81. The molecule has 3 saturated carbocycles. The fraction of sp³-hybridized carbons (Fsp3) is 0.762. The van der Waals surface area contributed by atoms with E-state index in [0.717, 1.165) is 38.5 Å². The second-order valence-corrected chi connectivity index (χ2v) is 8.97. The molecule has 0 bridgehead atoms. The van der Waals surface area contributed by atoms with Crippen molar-refractivity contribution in [2.75, 3.05) is 0 Å². The Hall–Kier alpha value is -1.07. The molecule has 0 aromatic rings. The highest BCUT2D eigenvalue weighted by atomic mass is 16.3. The van der Waals surface area contributed by atoms with Crippen molar-refractivity contribution in [3.8, 4) is 12.3 Å². The van der Waals surface area contributed by atoms with Gasteiger partial charge in [0.05, 0.1) is 0 Å². The van der Waals surface area contributed by atoms with Gasteiger partial charge in [0, 0.05) is 11.8 Å². The van der Waals surface area contributed by atoms with E-state index >= 15 is 0 Å². The summed E-state index contributed by atoms with van der Waals surface area (Å²) >= 11 is 0. The van der Waals surface area contributed by atoms with Crippen LogP contribution in [0.3, 0.4) is 0 Å². The van der Waals surface area contributed by atoms with Crippen LogP contribution in [0.4, 0.5) is 0 Å². The molecule has 3 fully saturated rings. The predicted molar refractivity (Wildman–Crippen MR) is 90.5 cm³/mol. The van der Waals surface area contributed by atoms with Gasteiger partial charge in [-0.3, -0.25) is 4.79 Å². The van der Waals surface area contributed by atoms with Gasteiger partial charge in [0.2, 0.25) is 0 Å². The molecule has 2 heteroatoms. The van der Waals surface area contributed by atoms with Gasteiger partial charge in [0.1, 0.15) is 5.60 Å². The Morgan fingerprint density at radius 3 is 2.61 bits per heavy atom. The Kier molecular flexibility index (Phi) is 3.18. The molecule has 2 nitrogen and oxygen atoms in total. The normalized spacial score (nSPS) is 52.0. The zero-order valence-corrected chi connectivity index (χ0v) is 14.4. The van der Waals surface area contributed by atoms with E-state index in [1.165, 1.54) is 12.0 Å². The molecule has 4 rings (SSSR count). The van der Waals surface area contributed by atoms with E-state index in [1.54, 1.807) is 0 Å². The summed E-state index contributed by atoms with van der Waals surface area (Å²) in [7, 11) is 0. The molecule has 0 unspecified atom stereocenters. The van der Waals surface area contributed by atoms with E-state index in [1.807, 2.05) is 6.08 Å². The lowest BCUT2D eigenvalue weighted by Gasteiger charge is -2.58. The van der Waals surface area contributed by atoms with Crippen LogP contribution < -0.4 is 0 Å². The first kappa shape index (κ1) is 15.5. The van der Waals surface area contributed by atoms with E-state index in [9.17, 15) is 9.90 Å². The van der Waals surface area contributed by atoms with Gasteiger partial charge in [0.25, 0.3) is 0 Å². The summed E-state index contributed by atoms with van der Waals surface area (Å²) in [5.41, 5.74) is 0.575. The van der Waals surface area contributed by atoms with Crippen molar-refractivity contribution in [3.63, 3.8) is 0 Å². The summed E-state index contributed by atoms with van der Waals surface area (Å²) in [6.45, 7) is 4.63. The van der Waals surface area contributed by atoms with Crippen molar-refractivity contribution in [2.45, 2.75) is 70.8 Å². The van der Waals surface area contributed by atoms with Crippen LogP contribution in [-0.2, 0) is 4.79 Å².